The molecule has 3 fully saturated rings. The molecule has 1 aromatic rings. The van der Waals surface area contributed by atoms with Crippen LogP contribution in [0.4, 0.5) is 0 Å². The molecule has 0 saturated carbocycles. The van der Waals surface area contributed by atoms with Crippen LogP contribution in [0.25, 0.3) is 0 Å². The molecule has 0 amide bonds. The van der Waals surface area contributed by atoms with Crippen molar-refractivity contribution in [2.24, 2.45) is 17.4 Å². The van der Waals surface area contributed by atoms with Crippen LogP contribution in [0.1, 0.15) is 18.4 Å². The fourth-order valence-electron chi connectivity index (χ4n) is 2.66. The summed E-state index contributed by atoms with van der Waals surface area (Å²) in [5.41, 5.74) is 13.1. The monoisotopic (exact) mass is 233 g/mol. The van der Waals surface area contributed by atoms with Gasteiger partial charge in [-0.25, -0.2) is 0 Å². The molecule has 3 nitrogen and oxygen atoms in total. The quantitative estimate of drug-likeness (QED) is 0.710. The third-order valence-electron chi connectivity index (χ3n) is 3.87. The Kier molecular flexibility index (Phi) is 4.15. The smallest absolute Gasteiger partial charge is 0.0730 e. The number of nitrogens with zero attached hydrogens (tertiary/aromatic N) is 1. The molecular weight excluding hydrogens is 210 g/mol. The second kappa shape index (κ2) is 5.63. The van der Waals surface area contributed by atoms with Crippen LogP contribution in [0.3, 0.4) is 0 Å². The van der Waals surface area contributed by atoms with Crippen LogP contribution in [0.2, 0.25) is 0 Å². The van der Waals surface area contributed by atoms with Gasteiger partial charge in [-0.3, -0.25) is 4.90 Å². The van der Waals surface area contributed by atoms with E-state index in [1.54, 1.807) is 0 Å². The Balaban J connectivity index is 0.000000136. The van der Waals surface area contributed by atoms with E-state index in [4.69, 9.17) is 11.5 Å². The second-order valence-corrected chi connectivity index (χ2v) is 5.10. The average Bonchev–Trinajstić information content (AvgIpc) is 2.37. The number of hydrogen-bond acceptors (Lipinski definition) is 3. The van der Waals surface area contributed by atoms with Crippen LogP contribution >= 0.6 is 0 Å². The molecule has 3 aliphatic heterocycles. The van der Waals surface area contributed by atoms with Gasteiger partial charge < -0.3 is 11.5 Å². The van der Waals surface area contributed by atoms with Gasteiger partial charge in [0.2, 0.25) is 0 Å². The molecule has 0 radical (unpaired) electrons. The van der Waals surface area contributed by atoms with E-state index in [9.17, 15) is 0 Å². The normalized spacial score (nSPS) is 35.0. The van der Waals surface area contributed by atoms with Crippen LogP contribution in [0.5, 0.6) is 0 Å². The summed E-state index contributed by atoms with van der Waals surface area (Å²) in [5, 5.41) is 0. The van der Waals surface area contributed by atoms with E-state index in [-0.39, 0.29) is 12.2 Å². The van der Waals surface area contributed by atoms with E-state index >= 15 is 0 Å². The van der Waals surface area contributed by atoms with Crippen molar-refractivity contribution in [3.05, 3.63) is 35.9 Å². The highest BCUT2D eigenvalue weighted by atomic mass is 15.3. The van der Waals surface area contributed by atoms with Crippen LogP contribution in [0, 0.1) is 12.8 Å². The van der Waals surface area contributed by atoms with Gasteiger partial charge in [0.15, 0.2) is 0 Å². The summed E-state index contributed by atoms with van der Waals surface area (Å²) in [6.07, 6.45) is 2.66. The lowest BCUT2D eigenvalue weighted by Gasteiger charge is -2.47. The summed E-state index contributed by atoms with van der Waals surface area (Å²) in [7, 11) is 0. The number of rotatable bonds is 0. The third kappa shape index (κ3) is 3.06. The zero-order valence-corrected chi connectivity index (χ0v) is 10.5. The Morgan fingerprint density at radius 2 is 1.65 bits per heavy atom. The summed E-state index contributed by atoms with van der Waals surface area (Å²) in [4.78, 5) is 2.30. The first-order chi connectivity index (χ1) is 8.18. The number of fused-ring (bicyclic) bond motifs is 3. The molecule has 3 heteroatoms. The molecule has 17 heavy (non-hydrogen) atoms. The Morgan fingerprint density at radius 3 is 1.94 bits per heavy atom. The van der Waals surface area contributed by atoms with Crippen molar-refractivity contribution in [1.29, 1.82) is 0 Å². The number of benzene rings is 1. The highest BCUT2D eigenvalue weighted by molar-refractivity contribution is 5.11. The maximum atomic E-state index is 5.90. The van der Waals surface area contributed by atoms with Gasteiger partial charge in [-0.15, -0.1) is 0 Å². The lowest BCUT2D eigenvalue weighted by atomic mass is 9.82. The lowest BCUT2D eigenvalue weighted by molar-refractivity contribution is 0.0318. The molecule has 2 bridgehead atoms. The predicted octanol–water partition coefficient (Wildman–Crippen LogP) is 1.32. The summed E-state index contributed by atoms with van der Waals surface area (Å²) in [6.45, 7) is 4.42. The van der Waals surface area contributed by atoms with E-state index < -0.39 is 0 Å². The van der Waals surface area contributed by atoms with Crippen molar-refractivity contribution in [3.63, 3.8) is 0 Å². The van der Waals surface area contributed by atoms with Crippen molar-refractivity contribution < 1.29 is 0 Å². The fraction of sp³-hybridized carbons (Fsp3) is 0.571. The molecule has 3 heterocycles. The molecule has 2 atom stereocenters. The molecule has 4 rings (SSSR count). The van der Waals surface area contributed by atoms with Crippen molar-refractivity contribution in [2.75, 3.05) is 13.1 Å². The number of aryl methyl sites for hydroxylation is 1. The van der Waals surface area contributed by atoms with Gasteiger partial charge in [0.05, 0.1) is 6.17 Å². The number of hydrogen-bond donors (Lipinski definition) is 2. The SMILES string of the molecule is Cc1ccccc1.NC1C2CCN(CC2)[C@@H]1N. The molecule has 94 valence electrons. The van der Waals surface area contributed by atoms with Crippen molar-refractivity contribution in [2.45, 2.75) is 32.0 Å². The van der Waals surface area contributed by atoms with Gasteiger partial charge in [-0.1, -0.05) is 35.9 Å². The minimum atomic E-state index is 0.146. The molecule has 0 aromatic heterocycles. The van der Waals surface area contributed by atoms with Crippen molar-refractivity contribution in [1.82, 2.24) is 4.90 Å². The predicted molar refractivity (Wildman–Crippen MR) is 71.4 cm³/mol. The van der Waals surface area contributed by atoms with Crippen molar-refractivity contribution >= 4 is 0 Å². The van der Waals surface area contributed by atoms with Gasteiger partial charge in [0.1, 0.15) is 0 Å². The fourth-order valence-corrected chi connectivity index (χ4v) is 2.66. The summed E-state index contributed by atoms with van der Waals surface area (Å²) in [5.74, 6) is 0.708. The lowest BCUT2D eigenvalue weighted by Crippen LogP contribution is -2.64. The Hall–Kier alpha value is -0.900. The number of nitrogens with two attached hydrogens (primary N) is 2. The molecular formula is C14H23N3. The first-order valence-corrected chi connectivity index (χ1v) is 6.45. The van der Waals surface area contributed by atoms with Crippen LogP contribution in [-0.2, 0) is 0 Å². The minimum Gasteiger partial charge on any atom is -0.325 e. The van der Waals surface area contributed by atoms with E-state index in [0.717, 1.165) is 0 Å². The number of piperidine rings is 3. The van der Waals surface area contributed by atoms with Gasteiger partial charge in [0.25, 0.3) is 0 Å². The largest absolute Gasteiger partial charge is 0.325 e. The zero-order chi connectivity index (χ0) is 12.3. The van der Waals surface area contributed by atoms with E-state index in [2.05, 4.69) is 24.0 Å². The van der Waals surface area contributed by atoms with E-state index in [1.165, 1.54) is 31.5 Å². The van der Waals surface area contributed by atoms with E-state index in [1.807, 2.05) is 18.2 Å². The third-order valence-corrected chi connectivity index (χ3v) is 3.87. The Morgan fingerprint density at radius 1 is 1.06 bits per heavy atom. The molecule has 1 aromatic carbocycles. The summed E-state index contributed by atoms with van der Waals surface area (Å²) in [6, 6.07) is 10.5. The molecule has 3 aliphatic rings. The minimum absolute atomic E-state index is 0.146. The first-order valence-electron chi connectivity index (χ1n) is 6.45. The standard InChI is InChI=1S/C7H15N3.C7H8/c8-6-5-1-3-10(4-2-5)7(6)9;1-7-5-3-2-4-6-7/h5-7H,1-4,8-9H2;2-6H,1H3/t6?,7-;/m0./s1. The molecule has 1 unspecified atom stereocenters. The van der Waals surface area contributed by atoms with E-state index in [0.29, 0.717) is 5.92 Å². The first kappa shape index (κ1) is 12.6. The van der Waals surface area contributed by atoms with Crippen LogP contribution < -0.4 is 11.5 Å². The highest BCUT2D eigenvalue weighted by Crippen LogP contribution is 2.28. The Labute approximate surface area is 104 Å². The Bertz CT molecular complexity index is 311. The maximum absolute atomic E-state index is 5.90. The molecule has 4 N–H and O–H groups in total. The van der Waals surface area contributed by atoms with Gasteiger partial charge >= 0.3 is 0 Å². The maximum Gasteiger partial charge on any atom is 0.0730 e. The second-order valence-electron chi connectivity index (χ2n) is 5.10. The molecule has 3 saturated heterocycles. The van der Waals surface area contributed by atoms with Gasteiger partial charge in [-0.2, -0.15) is 0 Å². The van der Waals surface area contributed by atoms with Crippen LogP contribution in [0.15, 0.2) is 30.3 Å². The highest BCUT2D eigenvalue weighted by Gasteiger charge is 2.37. The topological polar surface area (TPSA) is 55.3 Å². The summed E-state index contributed by atoms with van der Waals surface area (Å²) < 4.78 is 0. The van der Waals surface area contributed by atoms with Crippen molar-refractivity contribution in [3.8, 4) is 0 Å². The summed E-state index contributed by atoms with van der Waals surface area (Å²) >= 11 is 0. The van der Waals surface area contributed by atoms with Crippen LogP contribution in [-0.4, -0.2) is 30.2 Å². The average molecular weight is 233 g/mol. The van der Waals surface area contributed by atoms with Gasteiger partial charge in [0, 0.05) is 6.04 Å². The molecule has 0 spiro atoms. The van der Waals surface area contributed by atoms with Gasteiger partial charge in [-0.05, 0) is 38.8 Å². The zero-order valence-electron chi connectivity index (χ0n) is 10.5. The molecule has 0 aliphatic carbocycles.